The standard InChI is InChI=1S/C20H20N2OS/c1-20(2,3)14-8-4-5-9-15(14)21-18(23)12-13-19-22-16-10-6-7-11-17(16)24-19/h4-13H,1-3H3,(H,21,23)/b13-12+. The van der Waals surface area contributed by atoms with E-state index in [0.717, 1.165) is 26.5 Å². The first kappa shape index (κ1) is 16.4. The Morgan fingerprint density at radius 3 is 2.54 bits per heavy atom. The molecular weight excluding hydrogens is 316 g/mol. The molecule has 0 atom stereocenters. The van der Waals surface area contributed by atoms with Gasteiger partial charge >= 0.3 is 0 Å². The summed E-state index contributed by atoms with van der Waals surface area (Å²) in [5.41, 5.74) is 2.90. The first-order valence-corrected chi connectivity index (χ1v) is 8.69. The highest BCUT2D eigenvalue weighted by Crippen LogP contribution is 2.29. The minimum absolute atomic E-state index is 0.0272. The molecule has 0 spiro atoms. The van der Waals surface area contributed by atoms with E-state index in [1.165, 1.54) is 6.08 Å². The van der Waals surface area contributed by atoms with Gasteiger partial charge in [-0.25, -0.2) is 4.98 Å². The van der Waals surface area contributed by atoms with Gasteiger partial charge in [0.2, 0.25) is 5.91 Å². The number of para-hydroxylation sites is 2. The van der Waals surface area contributed by atoms with Crippen LogP contribution in [0.4, 0.5) is 5.69 Å². The lowest BCUT2D eigenvalue weighted by Gasteiger charge is -2.22. The summed E-state index contributed by atoms with van der Waals surface area (Å²) in [5, 5.41) is 3.80. The van der Waals surface area contributed by atoms with Crippen molar-refractivity contribution in [1.82, 2.24) is 4.98 Å². The van der Waals surface area contributed by atoms with E-state index in [0.29, 0.717) is 0 Å². The van der Waals surface area contributed by atoms with Crippen molar-refractivity contribution in [2.45, 2.75) is 26.2 Å². The van der Waals surface area contributed by atoms with Crippen LogP contribution < -0.4 is 5.32 Å². The van der Waals surface area contributed by atoms with Gasteiger partial charge in [-0.3, -0.25) is 4.79 Å². The summed E-state index contributed by atoms with van der Waals surface area (Å²) in [6.45, 7) is 6.40. The number of hydrogen-bond donors (Lipinski definition) is 1. The van der Waals surface area contributed by atoms with Crippen LogP contribution in [0, 0.1) is 0 Å². The Kier molecular flexibility index (Phi) is 4.49. The van der Waals surface area contributed by atoms with Gasteiger partial charge in [0.1, 0.15) is 5.01 Å². The monoisotopic (exact) mass is 336 g/mol. The molecule has 0 bridgehead atoms. The Hall–Kier alpha value is -2.46. The van der Waals surface area contributed by atoms with Crippen LogP contribution in [0.5, 0.6) is 0 Å². The molecule has 3 aromatic rings. The van der Waals surface area contributed by atoms with Crippen LogP contribution >= 0.6 is 11.3 Å². The lowest BCUT2D eigenvalue weighted by Crippen LogP contribution is -2.17. The molecule has 0 aliphatic rings. The molecule has 0 saturated heterocycles. The minimum Gasteiger partial charge on any atom is -0.322 e. The number of carbonyl (C=O) groups is 1. The molecule has 0 fully saturated rings. The zero-order chi connectivity index (χ0) is 17.2. The summed E-state index contributed by atoms with van der Waals surface area (Å²) >= 11 is 1.58. The van der Waals surface area contributed by atoms with Gasteiger partial charge in [-0.1, -0.05) is 51.1 Å². The van der Waals surface area contributed by atoms with Crippen molar-refractivity contribution in [2.75, 3.05) is 5.32 Å². The summed E-state index contributed by atoms with van der Waals surface area (Å²) in [4.78, 5) is 16.8. The molecule has 0 radical (unpaired) electrons. The Morgan fingerprint density at radius 1 is 1.08 bits per heavy atom. The fraction of sp³-hybridized carbons (Fsp3) is 0.200. The third-order valence-electron chi connectivity index (χ3n) is 3.68. The average molecular weight is 336 g/mol. The number of aromatic nitrogens is 1. The maximum atomic E-state index is 12.3. The average Bonchev–Trinajstić information content (AvgIpc) is 2.95. The molecule has 0 aliphatic carbocycles. The minimum atomic E-state index is -0.147. The van der Waals surface area contributed by atoms with Crippen LogP contribution in [0.2, 0.25) is 0 Å². The van der Waals surface area contributed by atoms with E-state index >= 15 is 0 Å². The van der Waals surface area contributed by atoms with E-state index in [4.69, 9.17) is 0 Å². The van der Waals surface area contributed by atoms with E-state index < -0.39 is 0 Å². The van der Waals surface area contributed by atoms with Gasteiger partial charge in [0.15, 0.2) is 0 Å². The predicted octanol–water partition coefficient (Wildman–Crippen LogP) is 5.25. The topological polar surface area (TPSA) is 42.0 Å². The van der Waals surface area contributed by atoms with Crippen LogP contribution in [0.1, 0.15) is 31.3 Å². The predicted molar refractivity (Wildman–Crippen MR) is 102 cm³/mol. The van der Waals surface area contributed by atoms with Crippen molar-refractivity contribution in [3.05, 3.63) is 65.2 Å². The van der Waals surface area contributed by atoms with Crippen molar-refractivity contribution in [2.24, 2.45) is 0 Å². The molecule has 0 unspecified atom stereocenters. The smallest absolute Gasteiger partial charge is 0.248 e. The highest BCUT2D eigenvalue weighted by atomic mass is 32.1. The highest BCUT2D eigenvalue weighted by Gasteiger charge is 2.17. The zero-order valence-electron chi connectivity index (χ0n) is 14.0. The number of rotatable bonds is 3. The van der Waals surface area contributed by atoms with Gasteiger partial charge in [-0.05, 0) is 35.3 Å². The maximum absolute atomic E-state index is 12.3. The van der Waals surface area contributed by atoms with Crippen LogP contribution in [0.3, 0.4) is 0 Å². The third-order valence-corrected chi connectivity index (χ3v) is 4.68. The number of thiazole rings is 1. The molecular formula is C20H20N2OS. The van der Waals surface area contributed by atoms with Crippen LogP contribution in [-0.2, 0) is 10.2 Å². The van der Waals surface area contributed by atoms with Crippen molar-refractivity contribution in [1.29, 1.82) is 0 Å². The number of carbonyl (C=O) groups excluding carboxylic acids is 1. The van der Waals surface area contributed by atoms with Crippen LogP contribution in [0.15, 0.2) is 54.6 Å². The first-order chi connectivity index (χ1) is 11.4. The molecule has 4 heteroatoms. The van der Waals surface area contributed by atoms with E-state index in [1.807, 2.05) is 48.5 Å². The van der Waals surface area contributed by atoms with Crippen LogP contribution in [0.25, 0.3) is 16.3 Å². The zero-order valence-corrected chi connectivity index (χ0v) is 14.9. The Balaban J connectivity index is 1.76. The van der Waals surface area contributed by atoms with Gasteiger partial charge < -0.3 is 5.32 Å². The molecule has 0 saturated carbocycles. The second kappa shape index (κ2) is 6.57. The van der Waals surface area contributed by atoms with Crippen molar-refractivity contribution in [3.63, 3.8) is 0 Å². The Bertz CT molecular complexity index is 870. The van der Waals surface area contributed by atoms with Gasteiger partial charge in [-0.15, -0.1) is 11.3 Å². The quantitative estimate of drug-likeness (QED) is 0.664. The second-order valence-electron chi connectivity index (χ2n) is 6.64. The lowest BCUT2D eigenvalue weighted by atomic mass is 9.86. The first-order valence-electron chi connectivity index (χ1n) is 7.87. The molecule has 1 heterocycles. The molecule has 3 rings (SSSR count). The second-order valence-corrected chi connectivity index (χ2v) is 7.70. The number of benzene rings is 2. The largest absolute Gasteiger partial charge is 0.322 e. The van der Waals surface area contributed by atoms with Gasteiger partial charge in [0.05, 0.1) is 10.2 Å². The summed E-state index contributed by atoms with van der Waals surface area (Å²) in [6.07, 6.45) is 3.30. The molecule has 24 heavy (non-hydrogen) atoms. The third kappa shape index (κ3) is 3.71. The van der Waals surface area contributed by atoms with Crippen molar-refractivity contribution in [3.8, 4) is 0 Å². The molecule has 1 N–H and O–H groups in total. The number of nitrogens with zero attached hydrogens (tertiary/aromatic N) is 1. The molecule has 1 amide bonds. The lowest BCUT2D eigenvalue weighted by molar-refractivity contribution is -0.111. The Labute approximate surface area is 146 Å². The molecule has 122 valence electrons. The van der Waals surface area contributed by atoms with Gasteiger partial charge in [-0.2, -0.15) is 0 Å². The SMILES string of the molecule is CC(C)(C)c1ccccc1NC(=O)/C=C/c1nc2ccccc2s1. The molecule has 2 aromatic carbocycles. The molecule has 0 aliphatic heterocycles. The number of amides is 1. The van der Waals surface area contributed by atoms with E-state index in [2.05, 4.69) is 31.1 Å². The van der Waals surface area contributed by atoms with Crippen molar-refractivity contribution < 1.29 is 4.79 Å². The number of fused-ring (bicyclic) bond motifs is 1. The summed E-state index contributed by atoms with van der Waals surface area (Å²) in [6, 6.07) is 15.9. The van der Waals surface area contributed by atoms with Gasteiger partial charge in [0.25, 0.3) is 0 Å². The summed E-state index contributed by atoms with van der Waals surface area (Å²) in [5.74, 6) is -0.147. The van der Waals surface area contributed by atoms with Gasteiger partial charge in [0, 0.05) is 11.8 Å². The fourth-order valence-corrected chi connectivity index (χ4v) is 3.40. The van der Waals surface area contributed by atoms with E-state index in [9.17, 15) is 4.79 Å². The number of anilines is 1. The fourth-order valence-electron chi connectivity index (χ4n) is 2.53. The maximum Gasteiger partial charge on any atom is 0.248 e. The van der Waals surface area contributed by atoms with Crippen LogP contribution in [-0.4, -0.2) is 10.9 Å². The molecule has 3 nitrogen and oxygen atoms in total. The normalized spacial score (nSPS) is 12.0. The van der Waals surface area contributed by atoms with E-state index in [-0.39, 0.29) is 11.3 Å². The molecule has 1 aromatic heterocycles. The Morgan fingerprint density at radius 2 is 1.79 bits per heavy atom. The number of nitrogens with one attached hydrogen (secondary N) is 1. The number of hydrogen-bond acceptors (Lipinski definition) is 3. The highest BCUT2D eigenvalue weighted by molar-refractivity contribution is 7.19. The van der Waals surface area contributed by atoms with Crippen molar-refractivity contribution >= 4 is 39.2 Å². The summed E-state index contributed by atoms with van der Waals surface area (Å²) in [7, 11) is 0. The summed E-state index contributed by atoms with van der Waals surface area (Å²) < 4.78 is 1.12. The van der Waals surface area contributed by atoms with E-state index in [1.54, 1.807) is 17.4 Å².